The topological polar surface area (TPSA) is 66.9 Å². The lowest BCUT2D eigenvalue weighted by atomic mass is 10.1. The zero-order valence-electron chi connectivity index (χ0n) is 19.2. The third kappa shape index (κ3) is 4.55. The van der Waals surface area contributed by atoms with E-state index in [0.717, 1.165) is 28.2 Å². The largest absolute Gasteiger partial charge is 0.465 e. The van der Waals surface area contributed by atoms with Crippen LogP contribution in [0.1, 0.15) is 27.7 Å². The first-order valence-corrected chi connectivity index (χ1v) is 13.1. The highest BCUT2D eigenvalue weighted by molar-refractivity contribution is 7.89. The number of hydrogen-bond acceptors (Lipinski definition) is 6. The van der Waals surface area contributed by atoms with E-state index >= 15 is 0 Å². The van der Waals surface area contributed by atoms with Gasteiger partial charge in [0.2, 0.25) is 10.0 Å². The van der Waals surface area contributed by atoms with Gasteiger partial charge in [0.1, 0.15) is 9.77 Å². The monoisotopic (exact) mass is 484 g/mol. The minimum absolute atomic E-state index is 0.0154. The Labute approximate surface area is 199 Å². The molecule has 4 rings (SSSR count). The number of carbonyl (C=O) groups excluding carboxylic acids is 1. The molecule has 6 nitrogen and oxygen atoms in total. The Hall–Kier alpha value is -2.68. The van der Waals surface area contributed by atoms with Crippen molar-refractivity contribution in [1.29, 1.82) is 0 Å². The van der Waals surface area contributed by atoms with Crippen LogP contribution in [0.3, 0.4) is 0 Å². The van der Waals surface area contributed by atoms with Crippen molar-refractivity contribution < 1.29 is 17.9 Å². The Kier molecular flexibility index (Phi) is 6.61. The van der Waals surface area contributed by atoms with Crippen molar-refractivity contribution >= 4 is 33.0 Å². The summed E-state index contributed by atoms with van der Waals surface area (Å²) in [5.41, 5.74) is 4.63. The van der Waals surface area contributed by atoms with Gasteiger partial charge in [0.25, 0.3) is 0 Å². The Bertz CT molecular complexity index is 1270. The SMILES string of the molecule is COC(=O)c1scc(-c2ccc(C)cc2)c1S(=O)(=O)N1CCN(c2cccc(C)c2)[C@@H](C)C1. The minimum atomic E-state index is -3.92. The Morgan fingerprint density at radius 1 is 1.06 bits per heavy atom. The van der Waals surface area contributed by atoms with Crippen LogP contribution in [-0.2, 0) is 14.8 Å². The molecule has 0 amide bonds. The van der Waals surface area contributed by atoms with Gasteiger partial charge in [-0.15, -0.1) is 11.3 Å². The van der Waals surface area contributed by atoms with E-state index in [0.29, 0.717) is 25.2 Å². The number of carbonyl (C=O) groups is 1. The molecule has 8 heteroatoms. The summed E-state index contributed by atoms with van der Waals surface area (Å²) in [6.45, 7) is 7.29. The third-order valence-corrected chi connectivity index (χ3v) is 9.04. The van der Waals surface area contributed by atoms with Crippen LogP contribution in [0.5, 0.6) is 0 Å². The van der Waals surface area contributed by atoms with Gasteiger partial charge in [-0.1, -0.05) is 42.0 Å². The third-order valence-electron chi connectivity index (χ3n) is 6.00. The van der Waals surface area contributed by atoms with Gasteiger partial charge in [-0.2, -0.15) is 4.31 Å². The number of piperazine rings is 1. The van der Waals surface area contributed by atoms with Gasteiger partial charge in [-0.05, 0) is 44.0 Å². The number of benzene rings is 2. The molecule has 1 atom stereocenters. The number of thiophene rings is 1. The summed E-state index contributed by atoms with van der Waals surface area (Å²) in [4.78, 5) is 14.9. The average Bonchev–Trinajstić information content (AvgIpc) is 3.25. The number of rotatable bonds is 5. The van der Waals surface area contributed by atoms with Crippen molar-refractivity contribution in [2.24, 2.45) is 0 Å². The quantitative estimate of drug-likeness (QED) is 0.491. The van der Waals surface area contributed by atoms with E-state index < -0.39 is 16.0 Å². The predicted molar refractivity (Wildman–Crippen MR) is 133 cm³/mol. The van der Waals surface area contributed by atoms with Crippen LogP contribution < -0.4 is 4.90 Å². The van der Waals surface area contributed by atoms with Crippen LogP contribution in [-0.4, -0.2) is 51.5 Å². The first-order valence-electron chi connectivity index (χ1n) is 10.8. The van der Waals surface area contributed by atoms with E-state index in [2.05, 4.69) is 17.0 Å². The van der Waals surface area contributed by atoms with E-state index in [4.69, 9.17) is 4.74 Å². The molecule has 0 bridgehead atoms. The molecule has 33 heavy (non-hydrogen) atoms. The van der Waals surface area contributed by atoms with Crippen LogP contribution >= 0.6 is 11.3 Å². The van der Waals surface area contributed by atoms with Crippen molar-refractivity contribution in [2.75, 3.05) is 31.6 Å². The van der Waals surface area contributed by atoms with Gasteiger partial charge in [0, 0.05) is 42.3 Å². The summed E-state index contributed by atoms with van der Waals surface area (Å²) in [6, 6.07) is 15.9. The lowest BCUT2D eigenvalue weighted by molar-refractivity contribution is 0.0602. The van der Waals surface area contributed by atoms with E-state index in [1.54, 1.807) is 5.38 Å². The maximum absolute atomic E-state index is 13.9. The molecule has 0 saturated carbocycles. The molecule has 0 N–H and O–H groups in total. The molecule has 0 unspecified atom stereocenters. The van der Waals surface area contributed by atoms with Crippen LogP contribution in [0.4, 0.5) is 5.69 Å². The Morgan fingerprint density at radius 2 is 1.79 bits per heavy atom. The molecular weight excluding hydrogens is 456 g/mol. The number of nitrogens with zero attached hydrogens (tertiary/aromatic N) is 2. The molecule has 174 valence electrons. The summed E-state index contributed by atoms with van der Waals surface area (Å²) in [5, 5.41) is 1.73. The highest BCUT2D eigenvalue weighted by atomic mass is 32.2. The normalized spacial score (nSPS) is 17.2. The van der Waals surface area contributed by atoms with Crippen molar-refractivity contribution in [3.05, 3.63) is 69.9 Å². The first kappa shape index (κ1) is 23.5. The molecule has 1 fully saturated rings. The lowest BCUT2D eigenvalue weighted by Gasteiger charge is -2.40. The van der Waals surface area contributed by atoms with Crippen LogP contribution in [0.25, 0.3) is 11.1 Å². The van der Waals surface area contributed by atoms with Crippen molar-refractivity contribution in [2.45, 2.75) is 31.7 Å². The molecule has 1 saturated heterocycles. The molecule has 0 radical (unpaired) electrons. The number of aryl methyl sites for hydroxylation is 2. The van der Waals surface area contributed by atoms with Crippen molar-refractivity contribution in [1.82, 2.24) is 4.31 Å². The van der Waals surface area contributed by atoms with Crippen LogP contribution in [0.15, 0.2) is 58.8 Å². The summed E-state index contributed by atoms with van der Waals surface area (Å²) in [6.07, 6.45) is 0. The average molecular weight is 485 g/mol. The number of anilines is 1. The second-order valence-electron chi connectivity index (χ2n) is 8.41. The van der Waals surface area contributed by atoms with Crippen molar-refractivity contribution in [3.8, 4) is 11.1 Å². The Balaban J connectivity index is 1.70. The fourth-order valence-electron chi connectivity index (χ4n) is 4.23. The molecular formula is C25H28N2O4S2. The van der Waals surface area contributed by atoms with E-state index in [1.165, 1.54) is 17.0 Å². The number of esters is 1. The van der Waals surface area contributed by atoms with Gasteiger partial charge in [0.05, 0.1) is 7.11 Å². The van der Waals surface area contributed by atoms with Gasteiger partial charge in [0.15, 0.2) is 0 Å². The Morgan fingerprint density at radius 3 is 2.42 bits per heavy atom. The molecule has 2 aromatic carbocycles. The number of ether oxygens (including phenoxy) is 1. The smallest absolute Gasteiger partial charge is 0.349 e. The second kappa shape index (κ2) is 9.29. The molecule has 1 aliphatic heterocycles. The van der Waals surface area contributed by atoms with Gasteiger partial charge >= 0.3 is 5.97 Å². The number of methoxy groups -OCH3 is 1. The van der Waals surface area contributed by atoms with Crippen LogP contribution in [0, 0.1) is 13.8 Å². The summed E-state index contributed by atoms with van der Waals surface area (Å²) in [7, 11) is -2.65. The highest BCUT2D eigenvalue weighted by Gasteiger charge is 2.37. The van der Waals surface area contributed by atoms with Gasteiger partial charge in [-0.25, -0.2) is 13.2 Å². The molecule has 0 spiro atoms. The predicted octanol–water partition coefficient (Wildman–Crippen LogP) is 4.72. The molecule has 3 aromatic rings. The van der Waals surface area contributed by atoms with E-state index in [-0.39, 0.29) is 15.8 Å². The zero-order chi connectivity index (χ0) is 23.8. The molecule has 1 aliphatic rings. The molecule has 2 heterocycles. The molecule has 1 aromatic heterocycles. The second-order valence-corrected chi connectivity index (χ2v) is 11.2. The minimum Gasteiger partial charge on any atom is -0.465 e. The maximum Gasteiger partial charge on any atom is 0.349 e. The zero-order valence-corrected chi connectivity index (χ0v) is 20.9. The summed E-state index contributed by atoms with van der Waals surface area (Å²) < 4.78 is 34.2. The number of hydrogen-bond donors (Lipinski definition) is 0. The fourth-order valence-corrected chi connectivity index (χ4v) is 7.42. The van der Waals surface area contributed by atoms with Crippen LogP contribution in [0.2, 0.25) is 0 Å². The maximum atomic E-state index is 13.9. The fraction of sp³-hybridized carbons (Fsp3) is 0.320. The van der Waals surface area contributed by atoms with E-state index in [1.807, 2.05) is 57.2 Å². The van der Waals surface area contributed by atoms with Crippen molar-refractivity contribution in [3.63, 3.8) is 0 Å². The van der Waals surface area contributed by atoms with Gasteiger partial charge < -0.3 is 9.64 Å². The lowest BCUT2D eigenvalue weighted by Crippen LogP contribution is -2.53. The summed E-state index contributed by atoms with van der Waals surface area (Å²) >= 11 is 1.11. The summed E-state index contributed by atoms with van der Waals surface area (Å²) in [5.74, 6) is -0.636. The molecule has 0 aliphatic carbocycles. The standard InChI is InChI=1S/C25H28N2O4S2/c1-17-8-10-20(11-9-17)22-16-32-23(25(28)31-4)24(22)33(29,30)26-12-13-27(19(3)15-26)21-7-5-6-18(2)14-21/h5-11,14,16,19H,12-13,15H2,1-4H3/t19-/m0/s1. The van der Waals surface area contributed by atoms with Gasteiger partial charge in [-0.3, -0.25) is 0 Å². The number of sulfonamides is 1. The van der Waals surface area contributed by atoms with E-state index in [9.17, 15) is 13.2 Å². The first-order chi connectivity index (χ1) is 15.7. The highest BCUT2D eigenvalue weighted by Crippen LogP contribution is 2.38.